The van der Waals surface area contributed by atoms with Crippen LogP contribution < -0.4 is 5.32 Å². The first-order valence-electron chi connectivity index (χ1n) is 7.91. The van der Waals surface area contributed by atoms with Gasteiger partial charge in [0.2, 0.25) is 5.91 Å². The zero-order chi connectivity index (χ0) is 18.0. The van der Waals surface area contributed by atoms with Gasteiger partial charge in [-0.3, -0.25) is 4.79 Å². The summed E-state index contributed by atoms with van der Waals surface area (Å²) < 4.78 is 24.6. The number of nitrogens with one attached hydrogen (secondary N) is 1. The summed E-state index contributed by atoms with van der Waals surface area (Å²) in [7, 11) is -3.51. The summed E-state index contributed by atoms with van der Waals surface area (Å²) >= 11 is 11.8. The Morgan fingerprint density at radius 3 is 2.48 bits per heavy atom. The molecule has 1 aliphatic carbocycles. The van der Waals surface area contributed by atoms with Crippen LogP contribution in [0.5, 0.6) is 0 Å². The molecule has 25 heavy (non-hydrogen) atoms. The molecule has 4 nitrogen and oxygen atoms in total. The molecule has 2 aromatic rings. The van der Waals surface area contributed by atoms with Crippen molar-refractivity contribution < 1.29 is 13.2 Å². The molecule has 1 N–H and O–H groups in total. The van der Waals surface area contributed by atoms with E-state index in [1.807, 2.05) is 12.1 Å². The Balaban J connectivity index is 1.60. The Hall–Kier alpha value is -1.56. The summed E-state index contributed by atoms with van der Waals surface area (Å²) in [6.07, 6.45) is 1.57. The molecule has 7 heteroatoms. The van der Waals surface area contributed by atoms with Gasteiger partial charge in [-0.05, 0) is 60.4 Å². The molecule has 1 amide bonds. The molecule has 0 saturated carbocycles. The van der Waals surface area contributed by atoms with Gasteiger partial charge in [-0.25, -0.2) is 8.42 Å². The van der Waals surface area contributed by atoms with Gasteiger partial charge in [0, 0.05) is 16.5 Å². The van der Waals surface area contributed by atoms with E-state index in [9.17, 15) is 13.2 Å². The average molecular weight is 398 g/mol. The molecule has 1 atom stereocenters. The number of aryl methyl sites for hydroxylation is 1. The number of benzene rings is 2. The van der Waals surface area contributed by atoms with Crippen molar-refractivity contribution in [2.45, 2.75) is 30.2 Å². The Morgan fingerprint density at radius 2 is 1.76 bits per heavy atom. The molecule has 0 fully saturated rings. The van der Waals surface area contributed by atoms with E-state index in [2.05, 4.69) is 5.32 Å². The number of amides is 1. The zero-order valence-electron chi connectivity index (χ0n) is 13.3. The van der Waals surface area contributed by atoms with Crippen LogP contribution in [0.1, 0.15) is 30.0 Å². The van der Waals surface area contributed by atoms with Gasteiger partial charge in [-0.15, -0.1) is 0 Å². The number of sulfone groups is 1. The quantitative estimate of drug-likeness (QED) is 0.829. The minimum Gasteiger partial charge on any atom is -0.349 e. The topological polar surface area (TPSA) is 63.2 Å². The van der Waals surface area contributed by atoms with E-state index in [-0.39, 0.29) is 29.0 Å². The highest BCUT2D eigenvalue weighted by atomic mass is 35.5. The predicted octanol–water partition coefficient (Wildman–Crippen LogP) is 3.96. The van der Waals surface area contributed by atoms with Gasteiger partial charge in [0.05, 0.1) is 16.7 Å². The van der Waals surface area contributed by atoms with Crippen molar-refractivity contribution in [2.24, 2.45) is 0 Å². The van der Waals surface area contributed by atoms with Gasteiger partial charge in [0.25, 0.3) is 0 Å². The maximum atomic E-state index is 12.3. The Bertz CT molecular complexity index is 895. The highest BCUT2D eigenvalue weighted by molar-refractivity contribution is 7.91. The van der Waals surface area contributed by atoms with Crippen molar-refractivity contribution in [2.75, 3.05) is 5.75 Å². The van der Waals surface area contributed by atoms with E-state index in [4.69, 9.17) is 23.2 Å². The lowest BCUT2D eigenvalue weighted by Gasteiger charge is -2.14. The second-order valence-corrected chi connectivity index (χ2v) is 9.01. The van der Waals surface area contributed by atoms with Crippen LogP contribution in [0.15, 0.2) is 47.4 Å². The molecule has 1 unspecified atom stereocenters. The SMILES string of the molecule is O=C(CCS(=O)(=O)c1ccc(Cl)cc1)NC1CCc2cc(Cl)ccc21. The molecular formula is C18H17Cl2NO3S. The van der Waals surface area contributed by atoms with Crippen LogP contribution in [-0.2, 0) is 21.1 Å². The largest absolute Gasteiger partial charge is 0.349 e. The number of halogens is 2. The van der Waals surface area contributed by atoms with Crippen LogP contribution in [0.25, 0.3) is 0 Å². The maximum Gasteiger partial charge on any atom is 0.221 e. The second kappa shape index (κ2) is 7.36. The second-order valence-electron chi connectivity index (χ2n) is 6.02. The number of rotatable bonds is 5. The summed E-state index contributed by atoms with van der Waals surface area (Å²) in [6.45, 7) is 0. The lowest BCUT2D eigenvalue weighted by Crippen LogP contribution is -2.28. The summed E-state index contributed by atoms with van der Waals surface area (Å²) in [5.74, 6) is -0.508. The third-order valence-electron chi connectivity index (χ3n) is 4.29. The fourth-order valence-corrected chi connectivity index (χ4v) is 4.55. The number of hydrogen-bond acceptors (Lipinski definition) is 3. The van der Waals surface area contributed by atoms with Gasteiger partial charge in [0.1, 0.15) is 0 Å². The molecule has 0 spiro atoms. The predicted molar refractivity (Wildman–Crippen MR) is 98.8 cm³/mol. The fraction of sp³-hybridized carbons (Fsp3) is 0.278. The Kier molecular flexibility index (Phi) is 5.37. The molecule has 0 saturated heterocycles. The van der Waals surface area contributed by atoms with E-state index >= 15 is 0 Å². The van der Waals surface area contributed by atoms with Crippen molar-refractivity contribution in [1.29, 1.82) is 0 Å². The Morgan fingerprint density at radius 1 is 1.08 bits per heavy atom. The molecule has 1 aliphatic rings. The number of carbonyl (C=O) groups excluding carboxylic acids is 1. The number of fused-ring (bicyclic) bond motifs is 1. The lowest BCUT2D eigenvalue weighted by atomic mass is 10.1. The van der Waals surface area contributed by atoms with E-state index in [0.717, 1.165) is 24.0 Å². The standard InChI is InChI=1S/C18H17Cl2NO3S/c19-13-2-5-15(6-3-13)25(23,24)10-9-18(22)21-17-8-1-12-11-14(20)4-7-16(12)17/h2-7,11,17H,1,8-10H2,(H,21,22). The summed E-state index contributed by atoms with van der Waals surface area (Å²) in [4.78, 5) is 12.4. The average Bonchev–Trinajstić information content (AvgIpc) is 2.95. The third kappa shape index (κ3) is 4.35. The fourth-order valence-electron chi connectivity index (χ4n) is 2.99. The van der Waals surface area contributed by atoms with Gasteiger partial charge in [-0.1, -0.05) is 29.3 Å². The van der Waals surface area contributed by atoms with E-state index < -0.39 is 9.84 Å². The van der Waals surface area contributed by atoms with Crippen molar-refractivity contribution in [3.8, 4) is 0 Å². The smallest absolute Gasteiger partial charge is 0.221 e. The number of carbonyl (C=O) groups is 1. The van der Waals surface area contributed by atoms with Crippen molar-refractivity contribution >= 4 is 38.9 Å². The van der Waals surface area contributed by atoms with Crippen molar-refractivity contribution in [3.63, 3.8) is 0 Å². The minimum atomic E-state index is -3.51. The van der Waals surface area contributed by atoms with Crippen LogP contribution in [0.3, 0.4) is 0 Å². The van der Waals surface area contributed by atoms with Crippen LogP contribution >= 0.6 is 23.2 Å². The van der Waals surface area contributed by atoms with Crippen LogP contribution in [0.4, 0.5) is 0 Å². The monoisotopic (exact) mass is 397 g/mol. The molecular weight excluding hydrogens is 381 g/mol. The van der Waals surface area contributed by atoms with Gasteiger partial charge in [-0.2, -0.15) is 0 Å². The molecule has 132 valence electrons. The maximum absolute atomic E-state index is 12.3. The molecule has 3 rings (SSSR count). The van der Waals surface area contributed by atoms with E-state index in [0.29, 0.717) is 10.0 Å². The minimum absolute atomic E-state index is 0.0790. The third-order valence-corrected chi connectivity index (χ3v) is 6.51. The lowest BCUT2D eigenvalue weighted by molar-refractivity contribution is -0.121. The molecule has 0 bridgehead atoms. The normalized spacial score (nSPS) is 16.5. The summed E-state index contributed by atoms with van der Waals surface area (Å²) in [5.41, 5.74) is 2.19. The van der Waals surface area contributed by atoms with Crippen LogP contribution in [0.2, 0.25) is 10.0 Å². The van der Waals surface area contributed by atoms with Crippen molar-refractivity contribution in [3.05, 3.63) is 63.6 Å². The first-order valence-corrected chi connectivity index (χ1v) is 10.3. The molecule has 0 aromatic heterocycles. The Labute approximate surface area is 157 Å². The van der Waals surface area contributed by atoms with Gasteiger partial charge < -0.3 is 5.32 Å². The summed E-state index contributed by atoms with van der Waals surface area (Å²) in [5, 5.41) is 4.07. The zero-order valence-corrected chi connectivity index (χ0v) is 15.7. The van der Waals surface area contributed by atoms with Gasteiger partial charge in [0.15, 0.2) is 9.84 Å². The van der Waals surface area contributed by atoms with Crippen molar-refractivity contribution in [1.82, 2.24) is 5.32 Å². The van der Waals surface area contributed by atoms with Crippen LogP contribution in [-0.4, -0.2) is 20.1 Å². The highest BCUT2D eigenvalue weighted by Gasteiger charge is 2.25. The van der Waals surface area contributed by atoms with E-state index in [1.165, 1.54) is 24.3 Å². The van der Waals surface area contributed by atoms with Gasteiger partial charge >= 0.3 is 0 Å². The first kappa shape index (κ1) is 18.2. The molecule has 0 heterocycles. The molecule has 0 aliphatic heterocycles. The molecule has 2 aromatic carbocycles. The number of hydrogen-bond donors (Lipinski definition) is 1. The molecule has 0 radical (unpaired) electrons. The summed E-state index contributed by atoms with van der Waals surface area (Å²) in [6, 6.07) is 11.5. The highest BCUT2D eigenvalue weighted by Crippen LogP contribution is 2.32. The van der Waals surface area contributed by atoms with E-state index in [1.54, 1.807) is 6.07 Å². The van der Waals surface area contributed by atoms with Crippen LogP contribution in [0, 0.1) is 0 Å². The first-order chi connectivity index (χ1) is 11.8.